The van der Waals surface area contributed by atoms with Gasteiger partial charge in [0, 0.05) is 12.5 Å². The highest BCUT2D eigenvalue weighted by Crippen LogP contribution is 2.11. The number of hydrogen-bond donors (Lipinski definition) is 1. The molecule has 0 aliphatic rings. The Morgan fingerprint density at radius 3 is 2.50 bits per heavy atom. The van der Waals surface area contributed by atoms with Gasteiger partial charge in [0.05, 0.1) is 0 Å². The Hall–Kier alpha value is -2.50. The van der Waals surface area contributed by atoms with Crippen LogP contribution in [-0.4, -0.2) is 24.5 Å². The van der Waals surface area contributed by atoms with E-state index in [1.54, 1.807) is 25.2 Å². The van der Waals surface area contributed by atoms with Gasteiger partial charge in [-0.05, 0) is 37.1 Å². The van der Waals surface area contributed by atoms with Crippen molar-refractivity contribution in [1.29, 1.82) is 0 Å². The number of halogens is 2. The van der Waals surface area contributed by atoms with Gasteiger partial charge in [-0.15, -0.1) is 0 Å². The van der Waals surface area contributed by atoms with E-state index in [1.807, 2.05) is 6.92 Å². The van der Waals surface area contributed by atoms with Crippen LogP contribution in [0.2, 0.25) is 0 Å². The van der Waals surface area contributed by atoms with Gasteiger partial charge in [0.1, 0.15) is 24.3 Å². The lowest BCUT2D eigenvalue weighted by Gasteiger charge is -2.16. The first kappa shape index (κ1) is 21.5. The Labute approximate surface area is 152 Å². The molecule has 0 saturated heterocycles. The highest BCUT2D eigenvalue weighted by Gasteiger charge is 2.22. The summed E-state index contributed by atoms with van der Waals surface area (Å²) in [5, 5.41) is 2.54. The zero-order valence-electron chi connectivity index (χ0n) is 15.1. The maximum Gasteiger partial charge on any atom is 0.329 e. The Morgan fingerprint density at radius 2 is 1.88 bits per heavy atom. The average molecular weight is 365 g/mol. The molecule has 0 aromatic heterocycles. The smallest absolute Gasteiger partial charge is 0.329 e. The van der Waals surface area contributed by atoms with E-state index in [-0.39, 0.29) is 18.6 Å². The van der Waals surface area contributed by atoms with Crippen LogP contribution in [-0.2, 0) is 20.7 Å². The number of esters is 1. The lowest BCUT2D eigenvalue weighted by Crippen LogP contribution is -2.42. The van der Waals surface area contributed by atoms with E-state index in [1.165, 1.54) is 6.08 Å². The number of carbonyl (C=O) groups is 2. The molecule has 0 bridgehead atoms. The third kappa shape index (κ3) is 8.55. The average Bonchev–Trinajstić information content (AvgIpc) is 2.57. The highest BCUT2D eigenvalue weighted by molar-refractivity contribution is 5.91. The summed E-state index contributed by atoms with van der Waals surface area (Å²) in [4.78, 5) is 24.2. The Balaban J connectivity index is 2.82. The SMILES string of the molecule is C/C=C/COC(=O)C(Cc1cc(F)cc(F)c1)NC(=O)/C=C/CCCC. The van der Waals surface area contributed by atoms with Crippen LogP contribution in [0.3, 0.4) is 0 Å². The van der Waals surface area contributed by atoms with Crippen LogP contribution in [0.5, 0.6) is 0 Å². The Morgan fingerprint density at radius 1 is 1.19 bits per heavy atom. The lowest BCUT2D eigenvalue weighted by molar-refractivity contribution is -0.146. The quantitative estimate of drug-likeness (QED) is 0.296. The molecule has 142 valence electrons. The predicted molar refractivity (Wildman–Crippen MR) is 96.4 cm³/mol. The van der Waals surface area contributed by atoms with Crippen LogP contribution in [0.25, 0.3) is 0 Å². The first-order chi connectivity index (χ1) is 12.5. The summed E-state index contributed by atoms with van der Waals surface area (Å²) in [7, 11) is 0. The van der Waals surface area contributed by atoms with Gasteiger partial charge >= 0.3 is 5.97 Å². The van der Waals surface area contributed by atoms with Crippen molar-refractivity contribution in [3.05, 3.63) is 59.7 Å². The highest BCUT2D eigenvalue weighted by atomic mass is 19.1. The summed E-state index contributed by atoms with van der Waals surface area (Å²) in [6.07, 6.45) is 9.10. The number of unbranched alkanes of at least 4 members (excludes halogenated alkanes) is 2. The van der Waals surface area contributed by atoms with Crippen LogP contribution in [0.15, 0.2) is 42.5 Å². The first-order valence-corrected chi connectivity index (χ1v) is 8.66. The van der Waals surface area contributed by atoms with Crippen LogP contribution in [0.4, 0.5) is 8.78 Å². The van der Waals surface area contributed by atoms with Crippen molar-refractivity contribution < 1.29 is 23.1 Å². The first-order valence-electron chi connectivity index (χ1n) is 8.66. The van der Waals surface area contributed by atoms with Crippen molar-refractivity contribution in [2.24, 2.45) is 0 Å². The molecule has 1 rings (SSSR count). The zero-order valence-corrected chi connectivity index (χ0v) is 15.1. The number of allylic oxidation sites excluding steroid dienone is 2. The fourth-order valence-corrected chi connectivity index (χ4v) is 2.22. The number of hydrogen-bond acceptors (Lipinski definition) is 3. The van der Waals surface area contributed by atoms with Gasteiger partial charge in [0.25, 0.3) is 0 Å². The van der Waals surface area contributed by atoms with Crippen molar-refractivity contribution in [2.45, 2.75) is 45.6 Å². The molecule has 0 spiro atoms. The molecule has 0 heterocycles. The predicted octanol–water partition coefficient (Wildman–Crippen LogP) is 3.86. The largest absolute Gasteiger partial charge is 0.460 e. The molecule has 0 fully saturated rings. The van der Waals surface area contributed by atoms with Crippen molar-refractivity contribution in [2.75, 3.05) is 6.61 Å². The van der Waals surface area contributed by atoms with E-state index in [9.17, 15) is 18.4 Å². The Kier molecular flexibility index (Phi) is 9.90. The molecule has 6 heteroatoms. The Bertz CT molecular complexity index is 636. The number of rotatable bonds is 10. The van der Waals surface area contributed by atoms with Gasteiger partial charge in [-0.2, -0.15) is 0 Å². The van der Waals surface area contributed by atoms with E-state index >= 15 is 0 Å². The summed E-state index contributed by atoms with van der Waals surface area (Å²) >= 11 is 0. The molecule has 26 heavy (non-hydrogen) atoms. The van der Waals surface area contributed by atoms with E-state index in [0.29, 0.717) is 0 Å². The van der Waals surface area contributed by atoms with Crippen molar-refractivity contribution >= 4 is 11.9 Å². The number of nitrogens with one attached hydrogen (secondary N) is 1. The lowest BCUT2D eigenvalue weighted by atomic mass is 10.1. The summed E-state index contributed by atoms with van der Waals surface area (Å²) in [5.41, 5.74) is 0.255. The molecule has 1 aromatic rings. The van der Waals surface area contributed by atoms with Gasteiger partial charge in [0.2, 0.25) is 5.91 Å². The number of carbonyl (C=O) groups excluding carboxylic acids is 2. The van der Waals surface area contributed by atoms with Gasteiger partial charge in [0.15, 0.2) is 0 Å². The minimum absolute atomic E-state index is 0.0611. The number of amides is 1. The monoisotopic (exact) mass is 365 g/mol. The maximum atomic E-state index is 13.4. The second-order valence-corrected chi connectivity index (χ2v) is 5.79. The van der Waals surface area contributed by atoms with Crippen molar-refractivity contribution in [1.82, 2.24) is 5.32 Å². The van der Waals surface area contributed by atoms with Crippen LogP contribution in [0.1, 0.15) is 38.7 Å². The fourth-order valence-electron chi connectivity index (χ4n) is 2.22. The molecular weight excluding hydrogens is 340 g/mol. The minimum Gasteiger partial charge on any atom is -0.460 e. The van der Waals surface area contributed by atoms with Crippen molar-refractivity contribution in [3.63, 3.8) is 0 Å². The van der Waals surface area contributed by atoms with E-state index < -0.39 is 29.6 Å². The van der Waals surface area contributed by atoms with Crippen LogP contribution >= 0.6 is 0 Å². The maximum absolute atomic E-state index is 13.4. The molecule has 4 nitrogen and oxygen atoms in total. The third-order valence-electron chi connectivity index (χ3n) is 3.51. The normalized spacial score (nSPS) is 12.5. The summed E-state index contributed by atoms with van der Waals surface area (Å²) in [6, 6.07) is 1.96. The van der Waals surface area contributed by atoms with Crippen LogP contribution < -0.4 is 5.32 Å². The third-order valence-corrected chi connectivity index (χ3v) is 3.51. The molecule has 0 radical (unpaired) electrons. The molecule has 1 amide bonds. The molecular formula is C20H25F2NO3. The zero-order chi connectivity index (χ0) is 19.4. The van der Waals surface area contributed by atoms with E-state index in [0.717, 1.165) is 37.5 Å². The van der Waals surface area contributed by atoms with Gasteiger partial charge in [-0.1, -0.05) is 38.0 Å². The number of ether oxygens (including phenoxy) is 1. The van der Waals surface area contributed by atoms with Gasteiger partial charge in [-0.25, -0.2) is 13.6 Å². The molecule has 0 saturated carbocycles. The molecule has 1 N–H and O–H groups in total. The van der Waals surface area contributed by atoms with E-state index in [4.69, 9.17) is 4.74 Å². The second-order valence-electron chi connectivity index (χ2n) is 5.79. The second kappa shape index (κ2) is 12.0. The summed E-state index contributed by atoms with van der Waals surface area (Å²) in [6.45, 7) is 3.89. The fraction of sp³-hybridized carbons (Fsp3) is 0.400. The molecule has 1 unspecified atom stereocenters. The number of benzene rings is 1. The van der Waals surface area contributed by atoms with E-state index in [2.05, 4.69) is 5.32 Å². The van der Waals surface area contributed by atoms with Crippen LogP contribution in [0, 0.1) is 11.6 Å². The summed E-state index contributed by atoms with van der Waals surface area (Å²) in [5.74, 6) is -2.60. The molecule has 1 aromatic carbocycles. The summed E-state index contributed by atoms with van der Waals surface area (Å²) < 4.78 is 31.8. The molecule has 1 atom stereocenters. The van der Waals surface area contributed by atoms with Gasteiger partial charge < -0.3 is 10.1 Å². The molecule has 0 aliphatic heterocycles. The standard InChI is InChI=1S/C20H25F2NO3/c1-3-5-7-8-9-19(24)23-18(20(25)26-10-6-4-2)13-15-11-16(21)14-17(22)12-15/h4,6,8-9,11-12,14,18H,3,5,7,10,13H2,1-2H3,(H,23,24)/b6-4+,9-8+. The van der Waals surface area contributed by atoms with Crippen molar-refractivity contribution in [3.8, 4) is 0 Å². The minimum atomic E-state index is -1.04. The molecule has 0 aliphatic carbocycles. The topological polar surface area (TPSA) is 55.4 Å². The van der Waals surface area contributed by atoms with Gasteiger partial charge in [-0.3, -0.25) is 4.79 Å².